The van der Waals surface area contributed by atoms with Crippen molar-refractivity contribution in [3.8, 4) is 0 Å². The maximum Gasteiger partial charge on any atom is 0.262 e. The van der Waals surface area contributed by atoms with Gasteiger partial charge in [-0.15, -0.1) is 0 Å². The Labute approximate surface area is 119 Å². The molecular weight excluding hydrogens is 279 g/mol. The fourth-order valence-electron chi connectivity index (χ4n) is 2.19. The molecule has 0 fully saturated rings. The summed E-state index contributed by atoms with van der Waals surface area (Å²) in [5.74, 6) is -2.30. The highest BCUT2D eigenvalue weighted by molar-refractivity contribution is 6.22. The van der Waals surface area contributed by atoms with Crippen LogP contribution < -0.4 is 5.32 Å². The lowest BCUT2D eigenvalue weighted by molar-refractivity contribution is -0.121. The van der Waals surface area contributed by atoms with Crippen LogP contribution in [-0.4, -0.2) is 42.0 Å². The summed E-state index contributed by atoms with van der Waals surface area (Å²) in [7, 11) is 1.45. The molecule has 0 saturated carbocycles. The van der Waals surface area contributed by atoms with E-state index in [1.807, 2.05) is 0 Å². The van der Waals surface area contributed by atoms with Crippen molar-refractivity contribution in [3.05, 3.63) is 35.1 Å². The molecule has 2 rings (SSSR count). The number of nitrogens with one attached hydrogen (secondary N) is 1. The Hall–Kier alpha value is -2.57. The number of benzene rings is 1. The topological polar surface area (TPSA) is 83.6 Å². The molecule has 7 heteroatoms. The molecule has 1 aliphatic heterocycles. The zero-order chi connectivity index (χ0) is 15.6. The molecule has 110 valence electrons. The Morgan fingerprint density at radius 2 is 2.00 bits per heavy atom. The van der Waals surface area contributed by atoms with E-state index in [2.05, 4.69) is 5.32 Å². The third-order valence-corrected chi connectivity index (χ3v) is 3.31. The number of fused-ring (bicyclic) bond motifs is 1. The summed E-state index contributed by atoms with van der Waals surface area (Å²) < 4.78 is 13.2. The van der Waals surface area contributed by atoms with Gasteiger partial charge in [0.2, 0.25) is 5.91 Å². The molecule has 0 bridgehead atoms. The van der Waals surface area contributed by atoms with Crippen molar-refractivity contribution in [1.82, 2.24) is 10.2 Å². The summed E-state index contributed by atoms with van der Waals surface area (Å²) in [4.78, 5) is 47.4. The van der Waals surface area contributed by atoms with E-state index >= 15 is 0 Å². The molecule has 1 N–H and O–H groups in total. The number of nitrogens with zero attached hydrogens (tertiary/aromatic N) is 1. The summed E-state index contributed by atoms with van der Waals surface area (Å²) in [5, 5.41) is 2.39. The van der Waals surface area contributed by atoms with Crippen LogP contribution >= 0.6 is 0 Å². The van der Waals surface area contributed by atoms with E-state index in [1.54, 1.807) is 0 Å². The van der Waals surface area contributed by atoms with Crippen LogP contribution in [0.1, 0.15) is 33.6 Å². The summed E-state index contributed by atoms with van der Waals surface area (Å²) in [6, 6.07) is 2.22. The van der Waals surface area contributed by atoms with Crippen molar-refractivity contribution in [3.63, 3.8) is 0 Å². The molecule has 1 aromatic carbocycles. The molecule has 0 spiro atoms. The molecule has 1 unspecified atom stereocenters. The second kappa shape index (κ2) is 5.82. The molecule has 1 atom stereocenters. The highest BCUT2D eigenvalue weighted by Crippen LogP contribution is 2.26. The minimum absolute atomic E-state index is 0.00166. The predicted octanol–water partition coefficient (Wildman–Crippen LogP) is 0.515. The van der Waals surface area contributed by atoms with Gasteiger partial charge in [0.15, 0.2) is 0 Å². The molecule has 21 heavy (non-hydrogen) atoms. The van der Waals surface area contributed by atoms with Crippen molar-refractivity contribution in [2.24, 2.45) is 0 Å². The van der Waals surface area contributed by atoms with E-state index in [4.69, 9.17) is 0 Å². The van der Waals surface area contributed by atoms with Gasteiger partial charge < -0.3 is 10.1 Å². The number of carbonyl (C=O) groups excluding carboxylic acids is 4. The van der Waals surface area contributed by atoms with Gasteiger partial charge in [0.1, 0.15) is 12.1 Å². The lowest BCUT2D eigenvalue weighted by atomic mass is 10.1. The number of imide groups is 1. The second-order valence-corrected chi connectivity index (χ2v) is 4.59. The lowest BCUT2D eigenvalue weighted by Crippen LogP contribution is -2.41. The van der Waals surface area contributed by atoms with Crippen LogP contribution in [0.4, 0.5) is 4.39 Å². The number of aldehydes is 1. The summed E-state index contributed by atoms with van der Waals surface area (Å²) in [6.07, 6.45) is 0.472. The maximum absolute atomic E-state index is 13.2. The van der Waals surface area contributed by atoms with Crippen molar-refractivity contribution in [2.75, 3.05) is 7.05 Å². The van der Waals surface area contributed by atoms with Gasteiger partial charge in [0.25, 0.3) is 11.8 Å². The van der Waals surface area contributed by atoms with Gasteiger partial charge in [-0.1, -0.05) is 0 Å². The third kappa shape index (κ3) is 2.67. The molecule has 0 saturated heterocycles. The van der Waals surface area contributed by atoms with Gasteiger partial charge in [-0.3, -0.25) is 19.3 Å². The molecular formula is C14H13FN2O4. The van der Waals surface area contributed by atoms with Crippen LogP contribution in [0.15, 0.2) is 18.2 Å². The number of carbonyl (C=O) groups is 4. The SMILES string of the molecule is CNC(=O)CCC(C=O)N1C(=O)c2ccc(F)cc2C1=O. The van der Waals surface area contributed by atoms with Gasteiger partial charge in [0, 0.05) is 13.5 Å². The van der Waals surface area contributed by atoms with Crippen LogP contribution in [0.5, 0.6) is 0 Å². The van der Waals surface area contributed by atoms with Crippen molar-refractivity contribution in [2.45, 2.75) is 18.9 Å². The lowest BCUT2D eigenvalue weighted by Gasteiger charge is -2.20. The van der Waals surface area contributed by atoms with Gasteiger partial charge in [0.05, 0.1) is 17.2 Å². The molecule has 1 aromatic rings. The van der Waals surface area contributed by atoms with E-state index in [1.165, 1.54) is 13.1 Å². The molecule has 0 radical (unpaired) electrons. The second-order valence-electron chi connectivity index (χ2n) is 4.59. The van der Waals surface area contributed by atoms with Crippen LogP contribution in [0, 0.1) is 5.82 Å². The Bertz CT molecular complexity index is 629. The van der Waals surface area contributed by atoms with E-state index in [-0.39, 0.29) is 29.9 Å². The third-order valence-electron chi connectivity index (χ3n) is 3.31. The molecule has 6 nitrogen and oxygen atoms in total. The predicted molar refractivity (Wildman–Crippen MR) is 70.1 cm³/mol. The van der Waals surface area contributed by atoms with E-state index in [9.17, 15) is 23.6 Å². The van der Waals surface area contributed by atoms with E-state index in [0.717, 1.165) is 17.0 Å². The van der Waals surface area contributed by atoms with E-state index < -0.39 is 23.7 Å². The molecule has 0 aliphatic carbocycles. The number of hydrogen-bond donors (Lipinski definition) is 1. The zero-order valence-electron chi connectivity index (χ0n) is 11.3. The summed E-state index contributed by atoms with van der Waals surface area (Å²) in [5.41, 5.74) is -0.0000129. The van der Waals surface area contributed by atoms with Crippen LogP contribution in [0.3, 0.4) is 0 Å². The monoisotopic (exact) mass is 292 g/mol. The minimum Gasteiger partial charge on any atom is -0.359 e. The Balaban J connectivity index is 2.24. The molecule has 0 aromatic heterocycles. The average molecular weight is 292 g/mol. The fraction of sp³-hybridized carbons (Fsp3) is 0.286. The largest absolute Gasteiger partial charge is 0.359 e. The maximum atomic E-state index is 13.2. The van der Waals surface area contributed by atoms with Crippen molar-refractivity contribution in [1.29, 1.82) is 0 Å². The summed E-state index contributed by atoms with van der Waals surface area (Å²) in [6.45, 7) is 0. The molecule has 1 heterocycles. The first-order valence-corrected chi connectivity index (χ1v) is 6.33. The quantitative estimate of drug-likeness (QED) is 0.633. The minimum atomic E-state index is -1.04. The number of hydrogen-bond acceptors (Lipinski definition) is 4. The van der Waals surface area contributed by atoms with Gasteiger partial charge >= 0.3 is 0 Å². The average Bonchev–Trinajstić information content (AvgIpc) is 2.72. The van der Waals surface area contributed by atoms with Gasteiger partial charge in [-0.05, 0) is 24.6 Å². The van der Waals surface area contributed by atoms with Gasteiger partial charge in [-0.25, -0.2) is 4.39 Å². The molecule has 1 aliphatic rings. The number of amides is 3. The molecule has 3 amide bonds. The fourth-order valence-corrected chi connectivity index (χ4v) is 2.19. The van der Waals surface area contributed by atoms with Crippen LogP contribution in [-0.2, 0) is 9.59 Å². The van der Waals surface area contributed by atoms with Crippen LogP contribution in [0.25, 0.3) is 0 Å². The standard InChI is InChI=1S/C14H13FN2O4/c1-16-12(19)5-3-9(7-18)17-13(20)10-4-2-8(15)6-11(10)14(17)21/h2,4,6-7,9H,3,5H2,1H3,(H,16,19). The summed E-state index contributed by atoms with van der Waals surface area (Å²) >= 11 is 0. The van der Waals surface area contributed by atoms with Crippen molar-refractivity contribution >= 4 is 24.0 Å². The van der Waals surface area contributed by atoms with Crippen molar-refractivity contribution < 1.29 is 23.6 Å². The smallest absolute Gasteiger partial charge is 0.262 e. The van der Waals surface area contributed by atoms with Gasteiger partial charge in [-0.2, -0.15) is 0 Å². The number of halogens is 1. The first-order chi connectivity index (χ1) is 9.99. The van der Waals surface area contributed by atoms with E-state index in [0.29, 0.717) is 6.29 Å². The first-order valence-electron chi connectivity index (χ1n) is 6.33. The first kappa shape index (κ1) is 14.8. The Morgan fingerprint density at radius 1 is 1.33 bits per heavy atom. The highest BCUT2D eigenvalue weighted by Gasteiger charge is 2.40. The zero-order valence-corrected chi connectivity index (χ0v) is 11.3. The normalized spacial score (nSPS) is 14.9. The van der Waals surface area contributed by atoms with Crippen LogP contribution in [0.2, 0.25) is 0 Å². The Morgan fingerprint density at radius 3 is 2.62 bits per heavy atom. The highest BCUT2D eigenvalue weighted by atomic mass is 19.1. The Kier molecular flexibility index (Phi) is 4.11. The number of rotatable bonds is 5.